The summed E-state index contributed by atoms with van der Waals surface area (Å²) in [6.07, 6.45) is 2.93. The van der Waals surface area contributed by atoms with Gasteiger partial charge in [0.1, 0.15) is 11.6 Å². The van der Waals surface area contributed by atoms with Crippen LogP contribution in [0, 0.1) is 0 Å². The third kappa shape index (κ3) is 4.52. The van der Waals surface area contributed by atoms with Crippen molar-refractivity contribution in [3.63, 3.8) is 0 Å². The number of benzene rings is 1. The van der Waals surface area contributed by atoms with Gasteiger partial charge in [-0.05, 0) is 75.2 Å². The van der Waals surface area contributed by atoms with Crippen molar-refractivity contribution in [3.05, 3.63) is 39.8 Å². The van der Waals surface area contributed by atoms with Crippen LogP contribution in [-0.4, -0.2) is 41.1 Å². The van der Waals surface area contributed by atoms with E-state index >= 15 is 0 Å². The van der Waals surface area contributed by atoms with Gasteiger partial charge in [-0.1, -0.05) is 11.2 Å². The number of nitrogens with zero attached hydrogens (tertiary/aromatic N) is 4. The fraction of sp³-hybridized carbons (Fsp3) is 0.579. The van der Waals surface area contributed by atoms with Gasteiger partial charge >= 0.3 is 6.09 Å². The molecule has 144 valence electrons. The summed E-state index contributed by atoms with van der Waals surface area (Å²) >= 11 is 0. The molecule has 0 spiro atoms. The molecule has 0 saturated carbocycles. The lowest BCUT2D eigenvalue weighted by Crippen LogP contribution is -2.45. The van der Waals surface area contributed by atoms with Crippen molar-refractivity contribution < 1.29 is 14.3 Å². The smallest absolute Gasteiger partial charge is 0.410 e. The zero-order valence-corrected chi connectivity index (χ0v) is 15.9. The zero-order valence-electron chi connectivity index (χ0n) is 15.9. The fourth-order valence-electron chi connectivity index (χ4n) is 3.62. The Morgan fingerprint density at radius 1 is 1.30 bits per heavy atom. The lowest BCUT2D eigenvalue weighted by Gasteiger charge is -2.28. The second kappa shape index (κ2) is 7.48. The Hall–Kier alpha value is -2.73. The maximum Gasteiger partial charge on any atom is 0.410 e. The van der Waals surface area contributed by atoms with Crippen LogP contribution in [-0.2, 0) is 22.4 Å². The number of ether oxygens (including phenoxy) is 1. The van der Waals surface area contributed by atoms with Gasteiger partial charge in [-0.3, -0.25) is 9.69 Å². The molecule has 1 saturated heterocycles. The minimum Gasteiger partial charge on any atom is -0.444 e. The molecular weight excluding hydrogens is 346 g/mol. The summed E-state index contributed by atoms with van der Waals surface area (Å²) in [7, 11) is 0. The summed E-state index contributed by atoms with van der Waals surface area (Å²) in [5.41, 5.74) is 11.3. The predicted molar refractivity (Wildman–Crippen MR) is 101 cm³/mol. The summed E-state index contributed by atoms with van der Waals surface area (Å²) in [6.45, 7) is 5.48. The number of carbonyl (C=O) groups excluding carboxylic acids is 2. The molecule has 0 unspecified atom stereocenters. The minimum absolute atomic E-state index is 0.168. The first-order valence-corrected chi connectivity index (χ1v) is 9.23. The number of fused-ring (bicyclic) bond motifs is 1. The van der Waals surface area contributed by atoms with Crippen LogP contribution in [0.5, 0.6) is 0 Å². The Morgan fingerprint density at radius 3 is 2.74 bits per heavy atom. The number of rotatable bonds is 3. The van der Waals surface area contributed by atoms with Gasteiger partial charge < -0.3 is 10.1 Å². The van der Waals surface area contributed by atoms with E-state index in [1.807, 2.05) is 18.2 Å². The van der Waals surface area contributed by atoms with Crippen molar-refractivity contribution >= 4 is 17.7 Å². The molecule has 2 amide bonds. The number of azide groups is 1. The number of nitrogens with one attached hydrogen (secondary N) is 1. The van der Waals surface area contributed by atoms with Crippen LogP contribution in [0.15, 0.2) is 23.3 Å². The van der Waals surface area contributed by atoms with Crippen LogP contribution in [0.2, 0.25) is 0 Å². The monoisotopic (exact) mass is 371 g/mol. The van der Waals surface area contributed by atoms with Gasteiger partial charge in [-0.15, -0.1) is 0 Å². The molecule has 8 heteroatoms. The summed E-state index contributed by atoms with van der Waals surface area (Å²) < 4.78 is 5.41. The summed E-state index contributed by atoms with van der Waals surface area (Å²) in [6, 6.07) is 4.75. The van der Waals surface area contributed by atoms with Gasteiger partial charge in [0, 0.05) is 17.1 Å². The number of aryl methyl sites for hydroxylation is 2. The van der Waals surface area contributed by atoms with Crippen molar-refractivity contribution in [2.45, 2.75) is 64.1 Å². The van der Waals surface area contributed by atoms with Crippen molar-refractivity contribution in [2.24, 2.45) is 5.11 Å². The minimum atomic E-state index is -0.733. The highest BCUT2D eigenvalue weighted by atomic mass is 16.6. The Bertz CT molecular complexity index is 795. The number of hydrogen-bond acceptors (Lipinski definition) is 4. The average Bonchev–Trinajstić information content (AvgIpc) is 3.19. The van der Waals surface area contributed by atoms with Gasteiger partial charge in [-0.25, -0.2) is 4.79 Å². The second-order valence-corrected chi connectivity index (χ2v) is 8.07. The molecule has 0 radical (unpaired) electrons. The molecule has 1 aliphatic heterocycles. The van der Waals surface area contributed by atoms with E-state index in [0.717, 1.165) is 24.9 Å². The number of amides is 2. The van der Waals surface area contributed by atoms with Gasteiger partial charge in [-0.2, -0.15) is 0 Å². The Morgan fingerprint density at radius 2 is 2.04 bits per heavy atom. The molecule has 2 aliphatic rings. The molecule has 1 aromatic rings. The molecule has 1 heterocycles. The third-order valence-electron chi connectivity index (χ3n) is 4.79. The molecule has 0 aromatic heterocycles. The third-order valence-corrected chi connectivity index (χ3v) is 4.79. The van der Waals surface area contributed by atoms with Crippen LogP contribution in [0.4, 0.5) is 10.5 Å². The summed E-state index contributed by atoms with van der Waals surface area (Å²) in [4.78, 5) is 29.5. The van der Waals surface area contributed by atoms with Crippen molar-refractivity contribution in [3.8, 4) is 0 Å². The van der Waals surface area contributed by atoms with Crippen LogP contribution in [0.1, 0.15) is 44.7 Å². The maximum absolute atomic E-state index is 12.8. The predicted octanol–water partition coefficient (Wildman–Crippen LogP) is 3.80. The quantitative estimate of drug-likeness (QED) is 0.496. The van der Waals surface area contributed by atoms with E-state index in [2.05, 4.69) is 15.3 Å². The van der Waals surface area contributed by atoms with Crippen LogP contribution in [0.3, 0.4) is 0 Å². The first kappa shape index (κ1) is 19.0. The zero-order chi connectivity index (χ0) is 19.6. The maximum atomic E-state index is 12.8. The highest BCUT2D eigenvalue weighted by molar-refractivity contribution is 5.97. The number of hydrogen-bond donors (Lipinski definition) is 1. The van der Waals surface area contributed by atoms with E-state index in [0.29, 0.717) is 0 Å². The Labute approximate surface area is 158 Å². The average molecular weight is 371 g/mol. The molecule has 1 N–H and O–H groups in total. The standard InChI is InChI=1S/C19H25N5O3/c1-19(2,3)27-18(26)24-11-15(22-23-20)10-16(24)17(25)21-14-8-7-12-5-4-6-13(12)9-14/h7-9,15-16H,4-6,10-11H2,1-3H3,(H,21,25)/t15-,16+/m1/s1. The van der Waals surface area contributed by atoms with E-state index in [1.165, 1.54) is 16.0 Å². The largest absolute Gasteiger partial charge is 0.444 e. The molecule has 1 aliphatic carbocycles. The van der Waals surface area contributed by atoms with Crippen LogP contribution < -0.4 is 5.32 Å². The Kier molecular flexibility index (Phi) is 5.28. The molecule has 1 fully saturated rings. The highest BCUT2D eigenvalue weighted by Gasteiger charge is 2.41. The Balaban J connectivity index is 1.75. The first-order valence-electron chi connectivity index (χ1n) is 9.23. The molecule has 1 aromatic carbocycles. The van der Waals surface area contributed by atoms with Crippen LogP contribution in [0.25, 0.3) is 10.4 Å². The van der Waals surface area contributed by atoms with Gasteiger partial charge in [0.05, 0.1) is 6.04 Å². The van der Waals surface area contributed by atoms with Gasteiger partial charge in [0.2, 0.25) is 5.91 Å². The van der Waals surface area contributed by atoms with E-state index < -0.39 is 23.8 Å². The second-order valence-electron chi connectivity index (χ2n) is 8.07. The number of carbonyl (C=O) groups is 2. The molecule has 8 nitrogen and oxygen atoms in total. The highest BCUT2D eigenvalue weighted by Crippen LogP contribution is 2.27. The van der Waals surface area contributed by atoms with Gasteiger partial charge in [0.15, 0.2) is 0 Å². The van der Waals surface area contributed by atoms with Crippen molar-refractivity contribution in [2.75, 3.05) is 11.9 Å². The van der Waals surface area contributed by atoms with E-state index in [9.17, 15) is 9.59 Å². The molecular formula is C19H25N5O3. The van der Waals surface area contributed by atoms with E-state index in [4.69, 9.17) is 10.3 Å². The molecule has 3 rings (SSSR count). The summed E-state index contributed by atoms with van der Waals surface area (Å²) in [5.74, 6) is -0.297. The topological polar surface area (TPSA) is 107 Å². The van der Waals surface area contributed by atoms with Crippen molar-refractivity contribution in [1.82, 2.24) is 4.90 Å². The van der Waals surface area contributed by atoms with Crippen LogP contribution >= 0.6 is 0 Å². The number of likely N-dealkylation sites (tertiary alicyclic amines) is 1. The normalized spacial score (nSPS) is 21.4. The number of anilines is 1. The van der Waals surface area contributed by atoms with Gasteiger partial charge in [0.25, 0.3) is 0 Å². The lowest BCUT2D eigenvalue weighted by molar-refractivity contribution is -0.120. The van der Waals surface area contributed by atoms with E-state index in [-0.39, 0.29) is 18.9 Å². The molecule has 0 bridgehead atoms. The van der Waals surface area contributed by atoms with E-state index in [1.54, 1.807) is 20.8 Å². The lowest BCUT2D eigenvalue weighted by atomic mass is 10.1. The SMILES string of the molecule is CC(C)(C)OC(=O)N1C[C@H](N=[N+]=[N-])C[C@H]1C(=O)Nc1ccc2c(c1)CCC2. The molecule has 2 atom stereocenters. The fourth-order valence-corrected chi connectivity index (χ4v) is 3.62. The summed E-state index contributed by atoms with van der Waals surface area (Å²) in [5, 5.41) is 6.59. The molecule has 27 heavy (non-hydrogen) atoms. The van der Waals surface area contributed by atoms with Crippen molar-refractivity contribution in [1.29, 1.82) is 0 Å². The first-order chi connectivity index (χ1) is 12.8.